The van der Waals surface area contributed by atoms with Crippen molar-refractivity contribution < 1.29 is 4.42 Å². The molecule has 3 rings (SSSR count). The first-order chi connectivity index (χ1) is 9.83. The Balaban J connectivity index is 1.79. The van der Waals surface area contributed by atoms with Gasteiger partial charge in [-0.2, -0.15) is 0 Å². The highest BCUT2D eigenvalue weighted by molar-refractivity contribution is 5.64. The molecule has 1 atom stereocenters. The number of nitrogens with zero attached hydrogens (tertiary/aromatic N) is 2. The summed E-state index contributed by atoms with van der Waals surface area (Å²) in [5, 5.41) is 14.8. The Bertz CT molecular complexity index is 545. The van der Waals surface area contributed by atoms with E-state index in [0.717, 1.165) is 30.8 Å². The molecule has 1 fully saturated rings. The maximum absolute atomic E-state index is 5.26. The third-order valence-electron chi connectivity index (χ3n) is 3.78. The molecule has 5 nitrogen and oxygen atoms in total. The summed E-state index contributed by atoms with van der Waals surface area (Å²) in [4.78, 5) is 0. The van der Waals surface area contributed by atoms with Crippen molar-refractivity contribution >= 4 is 5.69 Å². The van der Waals surface area contributed by atoms with E-state index < -0.39 is 0 Å². The predicted molar refractivity (Wildman–Crippen MR) is 78.6 cm³/mol. The van der Waals surface area contributed by atoms with E-state index in [1.807, 2.05) is 6.07 Å². The maximum Gasteiger partial charge on any atom is 0.247 e. The van der Waals surface area contributed by atoms with E-state index in [9.17, 15) is 0 Å². The molecule has 2 N–H and O–H groups in total. The van der Waals surface area contributed by atoms with Gasteiger partial charge in [-0.1, -0.05) is 6.07 Å². The lowest BCUT2D eigenvalue weighted by Gasteiger charge is -2.19. The SMILES string of the molecule is Cc1ccc(-c2nnco2)cc1NC1CCCNCC1. The maximum atomic E-state index is 5.26. The first-order valence-corrected chi connectivity index (χ1v) is 7.17. The summed E-state index contributed by atoms with van der Waals surface area (Å²) in [5.74, 6) is 0.565. The second-order valence-corrected chi connectivity index (χ2v) is 5.30. The van der Waals surface area contributed by atoms with Crippen molar-refractivity contribution in [1.82, 2.24) is 15.5 Å². The van der Waals surface area contributed by atoms with Crippen LogP contribution in [-0.4, -0.2) is 29.3 Å². The van der Waals surface area contributed by atoms with Gasteiger partial charge < -0.3 is 15.1 Å². The van der Waals surface area contributed by atoms with Crippen molar-refractivity contribution in [1.29, 1.82) is 0 Å². The van der Waals surface area contributed by atoms with E-state index in [1.165, 1.54) is 24.8 Å². The molecular formula is C15H20N4O. The van der Waals surface area contributed by atoms with Gasteiger partial charge in [-0.15, -0.1) is 10.2 Å². The van der Waals surface area contributed by atoms with E-state index in [4.69, 9.17) is 4.42 Å². The molecule has 2 heterocycles. The van der Waals surface area contributed by atoms with Crippen LogP contribution in [0.4, 0.5) is 5.69 Å². The van der Waals surface area contributed by atoms with Gasteiger partial charge in [-0.25, -0.2) is 0 Å². The molecule has 1 aliphatic heterocycles. The Morgan fingerprint density at radius 2 is 2.25 bits per heavy atom. The summed E-state index contributed by atoms with van der Waals surface area (Å²) in [7, 11) is 0. The van der Waals surface area contributed by atoms with Crippen molar-refractivity contribution in [3.8, 4) is 11.5 Å². The summed E-state index contributed by atoms with van der Waals surface area (Å²) in [6.07, 6.45) is 4.95. The van der Waals surface area contributed by atoms with E-state index in [2.05, 4.69) is 39.9 Å². The lowest BCUT2D eigenvalue weighted by Crippen LogP contribution is -2.21. The van der Waals surface area contributed by atoms with Gasteiger partial charge in [-0.05, 0) is 57.0 Å². The van der Waals surface area contributed by atoms with Gasteiger partial charge >= 0.3 is 0 Å². The highest BCUT2D eigenvalue weighted by atomic mass is 16.4. The zero-order chi connectivity index (χ0) is 13.8. The summed E-state index contributed by atoms with van der Waals surface area (Å²) in [5.41, 5.74) is 3.36. The normalized spacial score (nSPS) is 19.6. The minimum Gasteiger partial charge on any atom is -0.423 e. The topological polar surface area (TPSA) is 63.0 Å². The molecule has 1 unspecified atom stereocenters. The summed E-state index contributed by atoms with van der Waals surface area (Å²) in [6, 6.07) is 6.74. The van der Waals surface area contributed by atoms with Crippen molar-refractivity contribution in [3.05, 3.63) is 30.2 Å². The number of nitrogens with one attached hydrogen (secondary N) is 2. The Morgan fingerprint density at radius 3 is 3.10 bits per heavy atom. The summed E-state index contributed by atoms with van der Waals surface area (Å²) >= 11 is 0. The van der Waals surface area contributed by atoms with Gasteiger partial charge in [0.05, 0.1) is 0 Å². The fourth-order valence-electron chi connectivity index (χ4n) is 2.59. The monoisotopic (exact) mass is 272 g/mol. The van der Waals surface area contributed by atoms with Gasteiger partial charge in [0.25, 0.3) is 0 Å². The lowest BCUT2D eigenvalue weighted by molar-refractivity contribution is 0.568. The molecule has 1 saturated heterocycles. The van der Waals surface area contributed by atoms with Gasteiger partial charge in [0.2, 0.25) is 12.3 Å². The Hall–Kier alpha value is -1.88. The first kappa shape index (κ1) is 13.1. The number of benzene rings is 1. The van der Waals surface area contributed by atoms with E-state index in [1.54, 1.807) is 0 Å². The van der Waals surface area contributed by atoms with Gasteiger partial charge in [0.1, 0.15) is 0 Å². The highest BCUT2D eigenvalue weighted by Crippen LogP contribution is 2.25. The molecule has 1 aliphatic rings. The van der Waals surface area contributed by atoms with Crippen LogP contribution in [0.3, 0.4) is 0 Å². The van der Waals surface area contributed by atoms with Crippen LogP contribution in [0.1, 0.15) is 24.8 Å². The molecule has 2 aromatic rings. The molecule has 0 amide bonds. The third kappa shape index (κ3) is 2.99. The number of hydrogen-bond acceptors (Lipinski definition) is 5. The molecule has 0 saturated carbocycles. The fourth-order valence-corrected chi connectivity index (χ4v) is 2.59. The van der Waals surface area contributed by atoms with Gasteiger partial charge in [-0.3, -0.25) is 0 Å². The molecule has 5 heteroatoms. The minimum atomic E-state index is 0.529. The summed E-state index contributed by atoms with van der Waals surface area (Å²) in [6.45, 7) is 4.33. The Morgan fingerprint density at radius 1 is 1.30 bits per heavy atom. The second-order valence-electron chi connectivity index (χ2n) is 5.30. The average Bonchev–Trinajstić information content (AvgIpc) is 2.87. The van der Waals surface area contributed by atoms with Crippen LogP contribution < -0.4 is 10.6 Å². The molecule has 0 radical (unpaired) electrons. The highest BCUT2D eigenvalue weighted by Gasteiger charge is 2.13. The van der Waals surface area contributed by atoms with Crippen molar-refractivity contribution in [2.45, 2.75) is 32.2 Å². The molecule has 1 aromatic heterocycles. The molecule has 0 aliphatic carbocycles. The Labute approximate surface area is 118 Å². The number of rotatable bonds is 3. The summed E-state index contributed by atoms with van der Waals surface area (Å²) < 4.78 is 5.26. The average molecular weight is 272 g/mol. The molecule has 0 bridgehead atoms. The third-order valence-corrected chi connectivity index (χ3v) is 3.78. The zero-order valence-electron chi connectivity index (χ0n) is 11.7. The predicted octanol–water partition coefficient (Wildman–Crippen LogP) is 2.60. The molecule has 0 spiro atoms. The van der Waals surface area contributed by atoms with Crippen molar-refractivity contribution in [2.75, 3.05) is 18.4 Å². The standard InChI is InChI=1S/C15H20N4O/c1-11-4-5-12(15-19-17-10-20-15)9-14(11)18-13-3-2-7-16-8-6-13/h4-5,9-10,13,16,18H,2-3,6-8H2,1H3. The van der Waals surface area contributed by atoms with Crippen LogP contribution in [0, 0.1) is 6.92 Å². The molecule has 20 heavy (non-hydrogen) atoms. The number of hydrogen-bond donors (Lipinski definition) is 2. The fraction of sp³-hybridized carbons (Fsp3) is 0.467. The number of aromatic nitrogens is 2. The van der Waals surface area contributed by atoms with E-state index >= 15 is 0 Å². The van der Waals surface area contributed by atoms with Crippen LogP contribution in [0.25, 0.3) is 11.5 Å². The van der Waals surface area contributed by atoms with Crippen LogP contribution in [0.5, 0.6) is 0 Å². The van der Waals surface area contributed by atoms with Crippen LogP contribution in [0.2, 0.25) is 0 Å². The first-order valence-electron chi connectivity index (χ1n) is 7.17. The van der Waals surface area contributed by atoms with Crippen molar-refractivity contribution in [2.24, 2.45) is 0 Å². The van der Waals surface area contributed by atoms with Crippen LogP contribution in [0.15, 0.2) is 29.0 Å². The number of anilines is 1. The quantitative estimate of drug-likeness (QED) is 0.899. The van der Waals surface area contributed by atoms with Gasteiger partial charge in [0.15, 0.2) is 0 Å². The number of aryl methyl sites for hydroxylation is 1. The lowest BCUT2D eigenvalue weighted by atomic mass is 10.1. The van der Waals surface area contributed by atoms with Gasteiger partial charge in [0, 0.05) is 17.3 Å². The minimum absolute atomic E-state index is 0.529. The van der Waals surface area contributed by atoms with Crippen LogP contribution >= 0.6 is 0 Å². The molecule has 106 valence electrons. The Kier molecular flexibility index (Phi) is 3.97. The zero-order valence-corrected chi connectivity index (χ0v) is 11.7. The smallest absolute Gasteiger partial charge is 0.247 e. The largest absolute Gasteiger partial charge is 0.423 e. The van der Waals surface area contributed by atoms with Crippen LogP contribution in [-0.2, 0) is 0 Å². The molecule has 1 aromatic carbocycles. The van der Waals surface area contributed by atoms with E-state index in [0.29, 0.717) is 11.9 Å². The van der Waals surface area contributed by atoms with Crippen molar-refractivity contribution in [3.63, 3.8) is 0 Å². The van der Waals surface area contributed by atoms with E-state index in [-0.39, 0.29) is 0 Å². The molecular weight excluding hydrogens is 252 g/mol. The second kappa shape index (κ2) is 6.05.